The Morgan fingerprint density at radius 3 is 2.05 bits per heavy atom. The Balaban J connectivity index is 2.20. The summed E-state index contributed by atoms with van der Waals surface area (Å²) in [5, 5.41) is 27.7. The highest BCUT2D eigenvalue weighted by molar-refractivity contribution is 5.95. The van der Waals surface area contributed by atoms with Crippen molar-refractivity contribution in [2.24, 2.45) is 0 Å². The van der Waals surface area contributed by atoms with Gasteiger partial charge in [0.1, 0.15) is 18.6 Å². The lowest BCUT2D eigenvalue weighted by atomic mass is 10.1. The second kappa shape index (κ2) is 21.8. The number of nitrogens with zero attached hydrogens (tertiary/aromatic N) is 1. The molecule has 1 aliphatic rings. The second-order valence-corrected chi connectivity index (χ2v) is 9.48. The van der Waals surface area contributed by atoms with Crippen LogP contribution in [0.15, 0.2) is 0 Å². The summed E-state index contributed by atoms with van der Waals surface area (Å²) >= 11 is 0. The number of ether oxygens (including phenoxy) is 3. The van der Waals surface area contributed by atoms with Crippen molar-refractivity contribution >= 4 is 41.5 Å². The zero-order valence-electron chi connectivity index (χ0n) is 24.4. The molecule has 5 amide bonds. The maximum atomic E-state index is 13.0. The maximum Gasteiger partial charge on any atom is 0.322 e. The zero-order valence-corrected chi connectivity index (χ0v) is 24.4. The van der Waals surface area contributed by atoms with E-state index in [4.69, 9.17) is 19.3 Å². The first-order valence-electron chi connectivity index (χ1n) is 14.1. The van der Waals surface area contributed by atoms with Gasteiger partial charge in [-0.05, 0) is 19.3 Å². The first-order valence-corrected chi connectivity index (χ1v) is 14.1. The number of nitrogens with one attached hydrogen (secondary N) is 4. The Labute approximate surface area is 249 Å². The molecule has 6 N–H and O–H groups in total. The van der Waals surface area contributed by atoms with Crippen LogP contribution in [0.3, 0.4) is 0 Å². The smallest absolute Gasteiger partial charge is 0.322 e. The van der Waals surface area contributed by atoms with Crippen LogP contribution in [0.4, 0.5) is 0 Å². The Bertz CT molecular complexity index is 947. The standard InChI is InChI=1S/C26H43N5O12/c1-27-20(32)5-2-6-21(33)28-8-11-42-13-15-43-14-12-41-10-7-22(34)30-18(16-23(35)36)26(40)31-9-3-4-19(31)25(39)29-17-24(37)38/h18-19H,2-17H2,1H3,(H,27,32)(H,28,33)(H,29,39)(H,30,34)(H,35,36)(H,37,38)/t18-,19-/m0/s1. The van der Waals surface area contributed by atoms with Crippen LogP contribution in [0.25, 0.3) is 0 Å². The van der Waals surface area contributed by atoms with E-state index < -0.39 is 54.7 Å². The zero-order chi connectivity index (χ0) is 32.0. The molecule has 0 bridgehead atoms. The molecule has 1 saturated heterocycles. The van der Waals surface area contributed by atoms with Gasteiger partial charge >= 0.3 is 11.9 Å². The Kier molecular flexibility index (Phi) is 18.9. The molecule has 2 atom stereocenters. The van der Waals surface area contributed by atoms with Gasteiger partial charge in [0.25, 0.3) is 0 Å². The van der Waals surface area contributed by atoms with Gasteiger partial charge in [-0.25, -0.2) is 0 Å². The number of rotatable bonds is 23. The van der Waals surface area contributed by atoms with Gasteiger partial charge in [0.15, 0.2) is 0 Å². The van der Waals surface area contributed by atoms with Crippen LogP contribution in [0.2, 0.25) is 0 Å². The average Bonchev–Trinajstić information content (AvgIpc) is 3.45. The van der Waals surface area contributed by atoms with Crippen molar-refractivity contribution in [1.82, 2.24) is 26.2 Å². The first-order chi connectivity index (χ1) is 20.5. The lowest BCUT2D eigenvalue weighted by Gasteiger charge is -2.28. The second-order valence-electron chi connectivity index (χ2n) is 9.48. The number of carboxylic acids is 2. The fraction of sp³-hybridized carbons (Fsp3) is 0.731. The van der Waals surface area contributed by atoms with Crippen molar-refractivity contribution in [3.05, 3.63) is 0 Å². The number of hydrogen-bond acceptors (Lipinski definition) is 10. The molecule has 0 spiro atoms. The van der Waals surface area contributed by atoms with Crippen molar-refractivity contribution < 1.29 is 58.0 Å². The van der Waals surface area contributed by atoms with E-state index in [1.807, 2.05) is 0 Å². The number of amides is 5. The van der Waals surface area contributed by atoms with E-state index in [0.717, 1.165) is 4.90 Å². The molecule has 17 nitrogen and oxygen atoms in total. The van der Waals surface area contributed by atoms with Gasteiger partial charge in [0.05, 0.1) is 46.1 Å². The van der Waals surface area contributed by atoms with E-state index in [1.165, 1.54) is 0 Å². The highest BCUT2D eigenvalue weighted by atomic mass is 16.5. The molecule has 17 heteroatoms. The summed E-state index contributed by atoms with van der Waals surface area (Å²) in [6, 6.07) is -2.35. The number of hydrogen-bond donors (Lipinski definition) is 6. The summed E-state index contributed by atoms with van der Waals surface area (Å²) in [5.74, 6) is -4.84. The van der Waals surface area contributed by atoms with Crippen LogP contribution in [0, 0.1) is 0 Å². The van der Waals surface area contributed by atoms with E-state index in [-0.39, 0.29) is 64.0 Å². The highest BCUT2D eigenvalue weighted by Crippen LogP contribution is 2.19. The molecule has 0 aromatic carbocycles. The van der Waals surface area contributed by atoms with Crippen LogP contribution in [-0.2, 0) is 47.8 Å². The average molecular weight is 618 g/mol. The summed E-state index contributed by atoms with van der Waals surface area (Å²) in [4.78, 5) is 83.6. The highest BCUT2D eigenvalue weighted by Gasteiger charge is 2.38. The van der Waals surface area contributed by atoms with Crippen LogP contribution < -0.4 is 21.3 Å². The molecule has 0 unspecified atom stereocenters. The minimum absolute atomic E-state index is 0.00752. The van der Waals surface area contributed by atoms with Crippen molar-refractivity contribution in [1.29, 1.82) is 0 Å². The molecule has 1 rings (SSSR count). The van der Waals surface area contributed by atoms with Gasteiger partial charge in [-0.15, -0.1) is 0 Å². The molecule has 0 aromatic rings. The Hall–Kier alpha value is -3.83. The predicted octanol–water partition coefficient (Wildman–Crippen LogP) is -2.39. The predicted molar refractivity (Wildman–Crippen MR) is 148 cm³/mol. The summed E-state index contributed by atoms with van der Waals surface area (Å²) in [6.07, 6.45) is 0.942. The van der Waals surface area contributed by atoms with Crippen molar-refractivity contribution in [2.75, 3.05) is 66.3 Å². The molecule has 0 radical (unpaired) electrons. The third-order valence-electron chi connectivity index (χ3n) is 6.14. The number of aliphatic carboxylic acids is 2. The van der Waals surface area contributed by atoms with Gasteiger partial charge in [-0.1, -0.05) is 0 Å². The lowest BCUT2D eigenvalue weighted by Crippen LogP contribution is -2.54. The fourth-order valence-electron chi connectivity index (χ4n) is 4.02. The van der Waals surface area contributed by atoms with Crippen molar-refractivity contribution in [2.45, 2.75) is 57.0 Å². The molecule has 1 heterocycles. The Morgan fingerprint density at radius 2 is 1.42 bits per heavy atom. The topological polar surface area (TPSA) is 239 Å². The van der Waals surface area contributed by atoms with Gasteiger partial charge in [-0.3, -0.25) is 33.6 Å². The molecule has 0 aromatic heterocycles. The van der Waals surface area contributed by atoms with Crippen molar-refractivity contribution in [3.63, 3.8) is 0 Å². The van der Waals surface area contributed by atoms with E-state index in [0.29, 0.717) is 39.0 Å². The minimum atomic E-state index is -1.40. The van der Waals surface area contributed by atoms with Gasteiger partial charge in [0.2, 0.25) is 29.5 Å². The molecule has 244 valence electrons. The number of carboxylic acid groups (broad SMARTS) is 2. The third-order valence-corrected chi connectivity index (χ3v) is 6.14. The lowest BCUT2D eigenvalue weighted by molar-refractivity contribution is -0.146. The van der Waals surface area contributed by atoms with Crippen LogP contribution in [0.1, 0.15) is 44.9 Å². The molecular formula is C26H43N5O12. The fourth-order valence-corrected chi connectivity index (χ4v) is 4.02. The molecule has 0 aliphatic carbocycles. The van der Waals surface area contributed by atoms with Crippen LogP contribution >= 0.6 is 0 Å². The largest absolute Gasteiger partial charge is 0.481 e. The number of carbonyl (C=O) groups is 7. The van der Waals surface area contributed by atoms with Crippen molar-refractivity contribution in [3.8, 4) is 0 Å². The first kappa shape index (κ1) is 37.2. The third kappa shape index (κ3) is 17.0. The van der Waals surface area contributed by atoms with Crippen LogP contribution in [0.5, 0.6) is 0 Å². The summed E-state index contributed by atoms with van der Waals surface area (Å²) in [5.41, 5.74) is 0. The van der Waals surface area contributed by atoms with E-state index in [1.54, 1.807) is 7.05 Å². The van der Waals surface area contributed by atoms with E-state index in [2.05, 4.69) is 21.3 Å². The van der Waals surface area contributed by atoms with Gasteiger partial charge in [0, 0.05) is 39.4 Å². The monoisotopic (exact) mass is 617 g/mol. The van der Waals surface area contributed by atoms with E-state index >= 15 is 0 Å². The molecule has 0 saturated carbocycles. The molecule has 43 heavy (non-hydrogen) atoms. The maximum absolute atomic E-state index is 13.0. The quantitative estimate of drug-likeness (QED) is 0.0659. The number of carbonyl (C=O) groups excluding carboxylic acids is 5. The van der Waals surface area contributed by atoms with Gasteiger partial charge < -0.3 is 50.6 Å². The molecule has 1 aliphatic heterocycles. The Morgan fingerprint density at radius 1 is 0.791 bits per heavy atom. The van der Waals surface area contributed by atoms with Gasteiger partial charge in [-0.2, -0.15) is 0 Å². The summed E-state index contributed by atoms with van der Waals surface area (Å²) in [7, 11) is 1.54. The number of likely N-dealkylation sites (tertiary alicyclic amines) is 1. The molecule has 1 fully saturated rings. The molecular weight excluding hydrogens is 574 g/mol. The summed E-state index contributed by atoms with van der Waals surface area (Å²) in [6.45, 7) is 1.18. The van der Waals surface area contributed by atoms with E-state index in [9.17, 15) is 38.7 Å². The summed E-state index contributed by atoms with van der Waals surface area (Å²) < 4.78 is 16.0. The minimum Gasteiger partial charge on any atom is -0.481 e. The van der Waals surface area contributed by atoms with Crippen LogP contribution in [-0.4, -0.2) is 135 Å². The SMILES string of the molecule is CNC(=O)CCCC(=O)NCCOCCOCCOCCC(=O)N[C@@H](CC(=O)O)C(=O)N1CCC[C@H]1C(=O)NCC(=O)O. The normalized spacial score (nSPS) is 14.9.